The van der Waals surface area contributed by atoms with Crippen molar-refractivity contribution >= 4 is 41.8 Å². The van der Waals surface area contributed by atoms with Crippen molar-refractivity contribution in [3.63, 3.8) is 0 Å². The Morgan fingerprint density at radius 1 is 1.22 bits per heavy atom. The molecule has 32 heavy (non-hydrogen) atoms. The van der Waals surface area contributed by atoms with E-state index in [9.17, 15) is 14.0 Å². The third-order valence-electron chi connectivity index (χ3n) is 6.35. The number of allylic oxidation sites excluding steroid dienone is 2. The molecular weight excluding hydrogens is 524 g/mol. The van der Waals surface area contributed by atoms with Crippen molar-refractivity contribution in [3.05, 3.63) is 47.3 Å². The van der Waals surface area contributed by atoms with Gasteiger partial charge in [0.2, 0.25) is 11.8 Å². The van der Waals surface area contributed by atoms with Crippen molar-refractivity contribution in [2.45, 2.75) is 26.3 Å². The van der Waals surface area contributed by atoms with Gasteiger partial charge in [-0.3, -0.25) is 14.5 Å². The van der Waals surface area contributed by atoms with Gasteiger partial charge in [0.1, 0.15) is 5.82 Å². The van der Waals surface area contributed by atoms with E-state index in [-0.39, 0.29) is 71.6 Å². The number of carbonyl (C=O) groups excluding carboxylic acids is 2. The Labute approximate surface area is 204 Å². The first kappa shape index (κ1) is 24.2. The lowest BCUT2D eigenvalue weighted by Gasteiger charge is -2.18. The van der Waals surface area contributed by atoms with E-state index in [1.165, 1.54) is 11.0 Å². The number of benzene rings is 1. The molecule has 2 aliphatic carbocycles. The predicted octanol–water partition coefficient (Wildman–Crippen LogP) is 2.57. The van der Waals surface area contributed by atoms with Crippen LogP contribution in [0, 0.1) is 40.8 Å². The molecule has 7 nitrogen and oxygen atoms in total. The summed E-state index contributed by atoms with van der Waals surface area (Å²) in [5.74, 6) is 0.165. The second-order valence-electron chi connectivity index (χ2n) is 8.22. The Bertz CT molecular complexity index is 959. The minimum absolute atomic E-state index is 0. The zero-order chi connectivity index (χ0) is 22.0. The first-order valence-electron chi connectivity index (χ1n) is 10.8. The van der Waals surface area contributed by atoms with Crippen molar-refractivity contribution in [2.75, 3.05) is 19.6 Å². The number of guanidine groups is 1. The molecule has 9 heteroatoms. The maximum absolute atomic E-state index is 14.0. The fraction of sp³-hybridized carbons (Fsp3) is 0.478. The van der Waals surface area contributed by atoms with Crippen LogP contribution in [0.3, 0.4) is 0 Å². The van der Waals surface area contributed by atoms with Crippen LogP contribution in [0.2, 0.25) is 0 Å². The number of amides is 2. The molecule has 0 aromatic heterocycles. The second kappa shape index (κ2) is 10.4. The Hall–Kier alpha value is -2.48. The Morgan fingerprint density at radius 3 is 2.50 bits per heavy atom. The van der Waals surface area contributed by atoms with Crippen molar-refractivity contribution in [1.29, 1.82) is 5.26 Å². The molecule has 0 spiro atoms. The molecule has 1 aromatic rings. The van der Waals surface area contributed by atoms with Crippen LogP contribution in [0.5, 0.6) is 0 Å². The van der Waals surface area contributed by atoms with E-state index in [1.54, 1.807) is 12.1 Å². The minimum Gasteiger partial charge on any atom is -0.357 e. The highest BCUT2D eigenvalue weighted by molar-refractivity contribution is 14.0. The molecule has 2 fully saturated rings. The van der Waals surface area contributed by atoms with Crippen LogP contribution in [0.15, 0.2) is 35.3 Å². The number of nitriles is 1. The molecule has 170 valence electrons. The largest absolute Gasteiger partial charge is 0.357 e. The summed E-state index contributed by atoms with van der Waals surface area (Å²) in [6.07, 6.45) is 5.73. The number of aliphatic imine (C=N–C) groups is 1. The Kier molecular flexibility index (Phi) is 7.87. The molecule has 1 saturated carbocycles. The van der Waals surface area contributed by atoms with Gasteiger partial charge in [0.25, 0.3) is 0 Å². The zero-order valence-corrected chi connectivity index (χ0v) is 20.2. The Balaban J connectivity index is 0.00000289. The van der Waals surface area contributed by atoms with Crippen LogP contribution in [0.1, 0.15) is 30.9 Å². The number of fused-ring (bicyclic) bond motifs is 5. The van der Waals surface area contributed by atoms with Crippen molar-refractivity contribution < 1.29 is 14.0 Å². The topological polar surface area (TPSA) is 97.6 Å². The average molecular weight is 551 g/mol. The third kappa shape index (κ3) is 4.65. The molecule has 1 aromatic carbocycles. The summed E-state index contributed by atoms with van der Waals surface area (Å²) in [4.78, 5) is 31.2. The Morgan fingerprint density at radius 2 is 1.91 bits per heavy atom. The normalized spacial score (nSPS) is 25.5. The summed E-state index contributed by atoms with van der Waals surface area (Å²) in [6.45, 7) is 3.63. The van der Waals surface area contributed by atoms with Crippen LogP contribution in [-0.2, 0) is 16.1 Å². The summed E-state index contributed by atoms with van der Waals surface area (Å²) in [5.41, 5.74) is 0.674. The van der Waals surface area contributed by atoms with E-state index in [0.29, 0.717) is 37.6 Å². The summed E-state index contributed by atoms with van der Waals surface area (Å²) in [6, 6.07) is 6.23. The summed E-state index contributed by atoms with van der Waals surface area (Å²) in [5, 5.41) is 15.1. The fourth-order valence-electron chi connectivity index (χ4n) is 4.88. The SMILES string of the molecule is CCNC(=NCc1ccc(C#N)cc1F)NCCCN1C(=O)C2C3C=CC(C3)C2C1=O.I. The van der Waals surface area contributed by atoms with Crippen molar-refractivity contribution in [2.24, 2.45) is 28.7 Å². The van der Waals surface area contributed by atoms with Gasteiger partial charge in [-0.05, 0) is 43.7 Å². The first-order chi connectivity index (χ1) is 15.0. The molecule has 1 heterocycles. The number of hydrogen-bond acceptors (Lipinski definition) is 4. The van der Waals surface area contributed by atoms with Crippen molar-refractivity contribution in [1.82, 2.24) is 15.5 Å². The van der Waals surface area contributed by atoms with Gasteiger partial charge < -0.3 is 10.6 Å². The quantitative estimate of drug-likeness (QED) is 0.136. The highest BCUT2D eigenvalue weighted by atomic mass is 127. The van der Waals surface area contributed by atoms with Gasteiger partial charge in [-0.25, -0.2) is 9.38 Å². The molecule has 4 rings (SSSR count). The highest BCUT2D eigenvalue weighted by Gasteiger charge is 2.58. The number of nitrogens with zero attached hydrogens (tertiary/aromatic N) is 3. The van der Waals surface area contributed by atoms with Gasteiger partial charge >= 0.3 is 0 Å². The molecule has 2 N–H and O–H groups in total. The van der Waals surface area contributed by atoms with Crippen LogP contribution < -0.4 is 10.6 Å². The number of halogens is 2. The number of imide groups is 1. The molecule has 2 amide bonds. The van der Waals surface area contributed by atoms with E-state index in [1.807, 2.05) is 13.0 Å². The lowest BCUT2D eigenvalue weighted by atomic mass is 9.85. The maximum atomic E-state index is 14.0. The molecule has 2 bridgehead atoms. The molecule has 0 radical (unpaired) electrons. The van der Waals surface area contributed by atoms with E-state index in [2.05, 4.69) is 27.8 Å². The molecule has 1 saturated heterocycles. The summed E-state index contributed by atoms with van der Waals surface area (Å²) < 4.78 is 14.0. The van der Waals surface area contributed by atoms with Crippen molar-refractivity contribution in [3.8, 4) is 6.07 Å². The molecular formula is C23H27FIN5O2. The standard InChI is InChI=1S/C23H26FN5O2.HI/c1-2-26-23(28-13-17-5-4-14(12-25)10-18(17)24)27-8-3-9-29-21(30)19-15-6-7-16(11-15)20(19)22(29)31;/h4-7,10,15-16,19-20H,2-3,8-9,11,13H2,1H3,(H2,26,27,28);1H. The molecule has 4 unspecified atom stereocenters. The van der Waals surface area contributed by atoms with Gasteiger partial charge in [-0.2, -0.15) is 5.26 Å². The van der Waals surface area contributed by atoms with E-state index in [4.69, 9.17) is 5.26 Å². The molecule has 1 aliphatic heterocycles. The van der Waals surface area contributed by atoms with Crippen LogP contribution in [0.25, 0.3) is 0 Å². The second-order valence-corrected chi connectivity index (χ2v) is 8.22. The number of carbonyl (C=O) groups is 2. The van der Waals surface area contributed by atoms with Crippen LogP contribution in [0.4, 0.5) is 4.39 Å². The van der Waals surface area contributed by atoms with Crippen LogP contribution in [-0.4, -0.2) is 42.3 Å². The molecule has 3 aliphatic rings. The smallest absolute Gasteiger partial charge is 0.233 e. The number of likely N-dealkylation sites (tertiary alicyclic amines) is 1. The lowest BCUT2D eigenvalue weighted by molar-refractivity contribution is -0.140. The zero-order valence-electron chi connectivity index (χ0n) is 17.9. The van der Waals surface area contributed by atoms with E-state index in [0.717, 1.165) is 6.42 Å². The number of rotatable bonds is 7. The third-order valence-corrected chi connectivity index (χ3v) is 6.35. The number of hydrogen-bond donors (Lipinski definition) is 2. The predicted molar refractivity (Wildman–Crippen MR) is 128 cm³/mol. The van der Waals surface area contributed by atoms with Gasteiger partial charge in [-0.15, -0.1) is 24.0 Å². The fourth-order valence-corrected chi connectivity index (χ4v) is 4.88. The lowest BCUT2D eigenvalue weighted by Crippen LogP contribution is -2.40. The minimum atomic E-state index is -0.460. The van der Waals surface area contributed by atoms with E-state index >= 15 is 0 Å². The summed E-state index contributed by atoms with van der Waals surface area (Å²) >= 11 is 0. The first-order valence-corrected chi connectivity index (χ1v) is 10.8. The monoisotopic (exact) mass is 551 g/mol. The summed E-state index contributed by atoms with van der Waals surface area (Å²) in [7, 11) is 0. The number of nitrogens with one attached hydrogen (secondary N) is 2. The van der Waals surface area contributed by atoms with Gasteiger partial charge in [0.05, 0.1) is 30.0 Å². The van der Waals surface area contributed by atoms with Gasteiger partial charge in [0, 0.05) is 25.2 Å². The molecule has 4 atom stereocenters. The van der Waals surface area contributed by atoms with Crippen LogP contribution >= 0.6 is 24.0 Å². The van der Waals surface area contributed by atoms with E-state index < -0.39 is 5.82 Å². The maximum Gasteiger partial charge on any atom is 0.233 e. The van der Waals surface area contributed by atoms with Gasteiger partial charge in [-0.1, -0.05) is 18.2 Å². The average Bonchev–Trinajstić information content (AvgIpc) is 3.44. The van der Waals surface area contributed by atoms with Gasteiger partial charge in [0.15, 0.2) is 5.96 Å². The highest BCUT2D eigenvalue weighted by Crippen LogP contribution is 2.52.